The van der Waals surface area contributed by atoms with Gasteiger partial charge in [-0.1, -0.05) is 14.4 Å². The Morgan fingerprint density at radius 1 is 1.21 bits per heavy atom. The second kappa shape index (κ2) is 5.72. The lowest BCUT2D eigenvalue weighted by molar-refractivity contribution is 0.0967. The van der Waals surface area contributed by atoms with Gasteiger partial charge in [0.1, 0.15) is 0 Å². The van der Waals surface area contributed by atoms with E-state index < -0.39 is 0 Å². The molecule has 0 amide bonds. The lowest BCUT2D eigenvalue weighted by Crippen LogP contribution is -2.49. The fraction of sp³-hybridized carbons (Fsp3) is 1.00. The van der Waals surface area contributed by atoms with Gasteiger partial charge in [-0.15, -0.1) is 0 Å². The molecule has 86 valence electrons. The van der Waals surface area contributed by atoms with E-state index in [1.165, 1.54) is 25.9 Å². The quantitative estimate of drug-likeness (QED) is 0.737. The predicted octanol–water partition coefficient (Wildman–Crippen LogP) is 2.49. The number of rotatable bonds is 2. The summed E-state index contributed by atoms with van der Waals surface area (Å²) in [6.07, 6.45) is 2.62. The Hall–Kier alpha value is -0.0800. The van der Waals surface area contributed by atoms with Crippen molar-refractivity contribution in [1.29, 1.82) is 0 Å². The van der Waals surface area contributed by atoms with E-state index in [4.69, 9.17) is 0 Å². The van der Waals surface area contributed by atoms with E-state index in [9.17, 15) is 0 Å². The molecule has 0 aliphatic carbocycles. The summed E-state index contributed by atoms with van der Waals surface area (Å²) in [6.45, 7) is 12.7. The summed E-state index contributed by atoms with van der Waals surface area (Å²) in [7, 11) is 0. The highest BCUT2D eigenvalue weighted by atomic mass is 15.2. The van der Waals surface area contributed by atoms with Crippen LogP contribution in [0.3, 0.4) is 0 Å². The minimum Gasteiger partial charge on any atom is -0.314 e. The highest BCUT2D eigenvalue weighted by Crippen LogP contribution is 2.19. The van der Waals surface area contributed by atoms with Crippen molar-refractivity contribution in [3.8, 4) is 0 Å². The molecular formula is C12H28N2. The van der Waals surface area contributed by atoms with Crippen LogP contribution in [0.5, 0.6) is 0 Å². The van der Waals surface area contributed by atoms with Crippen LogP contribution < -0.4 is 5.32 Å². The molecule has 1 heterocycles. The summed E-state index contributed by atoms with van der Waals surface area (Å²) in [6, 6.07) is 0.767. The lowest BCUT2D eigenvalue weighted by Gasteiger charge is -2.41. The second-order valence-electron chi connectivity index (χ2n) is 4.99. The summed E-state index contributed by atoms with van der Waals surface area (Å²) in [5.41, 5.74) is 0.358. The molecule has 0 spiro atoms. The van der Waals surface area contributed by atoms with E-state index in [2.05, 4.69) is 37.9 Å². The predicted molar refractivity (Wildman–Crippen MR) is 64.8 cm³/mol. The average Bonchev–Trinajstić information content (AvgIpc) is 2.04. The zero-order chi connectivity index (χ0) is 9.90. The molecule has 2 heteroatoms. The molecule has 1 aliphatic heterocycles. The number of nitrogens with one attached hydrogen (secondary N) is 1. The van der Waals surface area contributed by atoms with E-state index in [0.717, 1.165) is 12.6 Å². The fourth-order valence-electron chi connectivity index (χ4n) is 2.04. The fourth-order valence-corrected chi connectivity index (χ4v) is 2.04. The van der Waals surface area contributed by atoms with Gasteiger partial charge in [-0.2, -0.15) is 0 Å². The van der Waals surface area contributed by atoms with Crippen LogP contribution in [0.1, 0.15) is 48.0 Å². The monoisotopic (exact) mass is 200 g/mol. The maximum Gasteiger partial charge on any atom is 0.0125 e. The minimum atomic E-state index is 0. The Morgan fingerprint density at radius 3 is 2.07 bits per heavy atom. The van der Waals surface area contributed by atoms with Crippen LogP contribution in [0.25, 0.3) is 0 Å². The molecule has 1 rings (SSSR count). The van der Waals surface area contributed by atoms with E-state index >= 15 is 0 Å². The van der Waals surface area contributed by atoms with Gasteiger partial charge in [0.25, 0.3) is 0 Å². The number of likely N-dealkylation sites (tertiary alicyclic amines) is 1. The van der Waals surface area contributed by atoms with Crippen LogP contribution in [0.15, 0.2) is 0 Å². The summed E-state index contributed by atoms with van der Waals surface area (Å²) < 4.78 is 0. The minimum absolute atomic E-state index is 0. The van der Waals surface area contributed by atoms with Crippen molar-refractivity contribution in [3.63, 3.8) is 0 Å². The number of hydrogen-bond acceptors (Lipinski definition) is 2. The number of hydrogen-bond donors (Lipinski definition) is 1. The lowest BCUT2D eigenvalue weighted by atomic mass is 9.98. The molecule has 0 unspecified atom stereocenters. The van der Waals surface area contributed by atoms with Crippen molar-refractivity contribution in [3.05, 3.63) is 0 Å². The third-order valence-electron chi connectivity index (χ3n) is 2.94. The SMILES string of the molecule is C.CCNC1CCN(C(C)(C)C)CC1. The Bertz CT molecular complexity index is 141. The van der Waals surface area contributed by atoms with E-state index in [1.54, 1.807) is 0 Å². The summed E-state index contributed by atoms with van der Waals surface area (Å²) in [5.74, 6) is 0. The van der Waals surface area contributed by atoms with Crippen LogP contribution in [0.4, 0.5) is 0 Å². The van der Waals surface area contributed by atoms with Crippen LogP contribution in [0.2, 0.25) is 0 Å². The standard InChI is InChI=1S/C11H24N2.CH4/c1-5-12-10-6-8-13(9-7-10)11(2,3)4;/h10,12H,5-9H2,1-4H3;1H4. The second-order valence-corrected chi connectivity index (χ2v) is 4.99. The van der Waals surface area contributed by atoms with E-state index in [-0.39, 0.29) is 7.43 Å². The first kappa shape index (κ1) is 13.9. The molecule has 1 saturated heterocycles. The summed E-state index contributed by atoms with van der Waals surface area (Å²) in [5, 5.41) is 3.53. The van der Waals surface area contributed by atoms with Gasteiger partial charge < -0.3 is 5.32 Å². The van der Waals surface area contributed by atoms with Gasteiger partial charge in [0, 0.05) is 24.7 Å². The smallest absolute Gasteiger partial charge is 0.0125 e. The zero-order valence-electron chi connectivity index (χ0n) is 9.56. The van der Waals surface area contributed by atoms with Crippen molar-refractivity contribution in [1.82, 2.24) is 10.2 Å². The summed E-state index contributed by atoms with van der Waals surface area (Å²) in [4.78, 5) is 2.58. The first-order valence-electron chi connectivity index (χ1n) is 5.52. The van der Waals surface area contributed by atoms with Gasteiger partial charge in [0.2, 0.25) is 0 Å². The van der Waals surface area contributed by atoms with Crippen molar-refractivity contribution in [2.24, 2.45) is 0 Å². The van der Waals surface area contributed by atoms with Crippen molar-refractivity contribution >= 4 is 0 Å². The van der Waals surface area contributed by atoms with Crippen molar-refractivity contribution < 1.29 is 0 Å². The van der Waals surface area contributed by atoms with Crippen molar-refractivity contribution in [2.45, 2.75) is 59.5 Å². The first-order valence-corrected chi connectivity index (χ1v) is 5.52. The third-order valence-corrected chi connectivity index (χ3v) is 2.94. The molecule has 0 atom stereocenters. The van der Waals surface area contributed by atoms with Crippen LogP contribution in [-0.4, -0.2) is 36.1 Å². The molecule has 1 fully saturated rings. The van der Waals surface area contributed by atoms with Crippen LogP contribution in [0, 0.1) is 0 Å². The molecule has 0 aromatic rings. The molecule has 0 radical (unpaired) electrons. The molecule has 0 aromatic carbocycles. The highest BCUT2D eigenvalue weighted by molar-refractivity contribution is 4.83. The number of nitrogens with zero attached hydrogens (tertiary/aromatic N) is 1. The zero-order valence-corrected chi connectivity index (χ0v) is 9.56. The van der Waals surface area contributed by atoms with Gasteiger partial charge in [-0.25, -0.2) is 0 Å². The van der Waals surface area contributed by atoms with Crippen LogP contribution >= 0.6 is 0 Å². The first-order chi connectivity index (χ1) is 6.04. The Kier molecular flexibility index (Phi) is 5.68. The Labute approximate surface area is 90.1 Å². The van der Waals surface area contributed by atoms with Gasteiger partial charge in [0.05, 0.1) is 0 Å². The van der Waals surface area contributed by atoms with Crippen molar-refractivity contribution in [2.75, 3.05) is 19.6 Å². The largest absolute Gasteiger partial charge is 0.314 e. The molecule has 1 aliphatic rings. The normalized spacial score (nSPS) is 20.6. The van der Waals surface area contributed by atoms with Gasteiger partial charge in [-0.3, -0.25) is 4.90 Å². The number of piperidine rings is 1. The third kappa shape index (κ3) is 3.97. The Morgan fingerprint density at radius 2 is 1.71 bits per heavy atom. The summed E-state index contributed by atoms with van der Waals surface area (Å²) >= 11 is 0. The molecule has 0 bridgehead atoms. The molecule has 0 aromatic heterocycles. The molecule has 2 nitrogen and oxygen atoms in total. The average molecular weight is 200 g/mol. The molecule has 14 heavy (non-hydrogen) atoms. The van der Waals surface area contributed by atoms with E-state index in [1.807, 2.05) is 0 Å². The topological polar surface area (TPSA) is 15.3 Å². The molecule has 1 N–H and O–H groups in total. The van der Waals surface area contributed by atoms with Crippen LogP contribution in [-0.2, 0) is 0 Å². The maximum atomic E-state index is 3.53. The maximum absolute atomic E-state index is 3.53. The molecular weight excluding hydrogens is 172 g/mol. The van der Waals surface area contributed by atoms with Gasteiger partial charge in [-0.05, 0) is 40.2 Å². The Balaban J connectivity index is 0.00000169. The highest BCUT2D eigenvalue weighted by Gasteiger charge is 2.26. The van der Waals surface area contributed by atoms with Gasteiger partial charge in [0.15, 0.2) is 0 Å². The van der Waals surface area contributed by atoms with E-state index in [0.29, 0.717) is 5.54 Å². The molecule has 0 saturated carbocycles. The van der Waals surface area contributed by atoms with Gasteiger partial charge >= 0.3 is 0 Å².